The van der Waals surface area contributed by atoms with Crippen LogP contribution in [-0.2, 0) is 0 Å². The highest BCUT2D eigenvalue weighted by Gasteiger charge is 2.32. The Bertz CT molecular complexity index is 11700. The van der Waals surface area contributed by atoms with Gasteiger partial charge < -0.3 is 0 Å². The zero-order valence-corrected chi connectivity index (χ0v) is 79.0. The molecule has 147 heavy (non-hydrogen) atoms. The third-order valence-electron chi connectivity index (χ3n) is 32.0. The monoisotopic (exact) mass is 1860 g/mol. The Morgan fingerprint density at radius 3 is 0.891 bits per heavy atom. The molecule has 27 aromatic carbocycles. The highest BCUT2D eigenvalue weighted by atomic mass is 15.2. The first-order chi connectivity index (χ1) is 73.0. The van der Waals surface area contributed by atoms with E-state index in [2.05, 4.69) is 481 Å². The van der Waals surface area contributed by atoms with Crippen molar-refractivity contribution in [3.05, 3.63) is 467 Å². The second-order valence-electron chi connectivity index (χ2n) is 39.5. The van der Waals surface area contributed by atoms with Gasteiger partial charge in [-0.1, -0.05) is 400 Å². The van der Waals surface area contributed by atoms with Crippen LogP contribution in [0.4, 0.5) is 0 Å². The van der Waals surface area contributed by atoms with E-state index in [0.717, 1.165) is 252 Å². The number of hydrogen-bond acceptors (Lipinski definition) is 6. The summed E-state index contributed by atoms with van der Waals surface area (Å²) in [5, 5.41) is 43.5. The fraction of sp³-hybridized carbons (Fsp3) is 0. The smallest absolute Gasteiger partial charge is 0.235 e. The molecular formula is C138H77N9. The lowest BCUT2D eigenvalue weighted by Crippen LogP contribution is -2.05. The Kier molecular flexibility index (Phi) is 16.5. The third-order valence-corrected chi connectivity index (χ3v) is 32.0. The van der Waals surface area contributed by atoms with Crippen molar-refractivity contribution in [3.8, 4) is 73.7 Å². The zero-order chi connectivity index (χ0) is 95.6. The minimum absolute atomic E-state index is 0.570. The van der Waals surface area contributed by atoms with Gasteiger partial charge in [-0.15, -0.1) is 0 Å². The maximum absolute atomic E-state index is 6.18. The van der Waals surface area contributed by atoms with Crippen molar-refractivity contribution in [1.82, 2.24) is 43.6 Å². The van der Waals surface area contributed by atoms with E-state index in [0.29, 0.717) is 11.9 Å². The number of benzene rings is 27. The summed E-state index contributed by atoms with van der Waals surface area (Å²) in [7, 11) is 0. The van der Waals surface area contributed by atoms with Crippen molar-refractivity contribution < 1.29 is 0 Å². The molecule has 9 heteroatoms. The second-order valence-corrected chi connectivity index (χ2v) is 39.5. The average molecular weight is 1860 g/mol. The summed E-state index contributed by atoms with van der Waals surface area (Å²) in [4.78, 5) is 36.0. The van der Waals surface area contributed by atoms with Gasteiger partial charge in [-0.25, -0.2) is 29.9 Å². The Morgan fingerprint density at radius 1 is 0.136 bits per heavy atom. The summed E-state index contributed by atoms with van der Waals surface area (Å²) in [6.45, 7) is 0. The molecule has 0 N–H and O–H groups in total. The molecule has 33 aromatic rings. The highest BCUT2D eigenvalue weighted by molar-refractivity contribution is 6.42. The molecule has 0 aliphatic heterocycles. The molecule has 674 valence electrons. The van der Waals surface area contributed by atoms with E-state index in [9.17, 15) is 0 Å². The summed E-state index contributed by atoms with van der Waals surface area (Å²) in [6.07, 6.45) is 0. The van der Waals surface area contributed by atoms with E-state index in [1.54, 1.807) is 0 Å². The highest BCUT2D eigenvalue weighted by Crippen LogP contribution is 2.54. The molecule has 6 heterocycles. The predicted molar refractivity (Wildman–Crippen MR) is 619 cm³/mol. The Morgan fingerprint density at radius 2 is 0.435 bits per heavy atom. The van der Waals surface area contributed by atoms with Gasteiger partial charge in [-0.2, -0.15) is 0 Å². The standard InChI is InChI=1S/C138H77N9/c1-4-34-82(35-5-1)130-122-89-42-16-10-30-78(89)58-67-112(122)139-137(142-130)146-114-69-60-80-32-12-18-44-91(80)124(114)128-117(146)72-65-104-98-51-24-26-53-100(98)110-76-87(56-62-106(110)120(104)128)108-74-85-40-14-20-46-93(85)133-126(108)131(83-36-6-2-7-37-83)143-138(144-133)147-115-70-61-81-33-13-19-45-92(81)125(115)129-118(147)73-66-105-99-52-25-27-54-101(99)111-77-88(57-63-107(111)121(105)129)109-75-86-41-15-21-47-94(86)134-135(109)140-132(84-38-8-3-9-39-84)136(141-134)145-113-68-59-79-31-11-17-43-90(79)123(113)127-116(145)71-64-103-97-50-23-22-48-95(97)96-49-28-29-55-102(96)119(103)127/h1-77H. The van der Waals surface area contributed by atoms with Gasteiger partial charge in [0.05, 0.1) is 66.6 Å². The van der Waals surface area contributed by atoms with Crippen LogP contribution in [0.3, 0.4) is 0 Å². The zero-order valence-electron chi connectivity index (χ0n) is 79.0. The van der Waals surface area contributed by atoms with Crippen LogP contribution in [0.5, 0.6) is 0 Å². The third kappa shape index (κ3) is 11.3. The van der Waals surface area contributed by atoms with Gasteiger partial charge in [-0.3, -0.25) is 13.7 Å². The lowest BCUT2D eigenvalue weighted by atomic mass is 9.88. The molecule has 9 nitrogen and oxygen atoms in total. The maximum Gasteiger partial charge on any atom is 0.235 e. The summed E-state index contributed by atoms with van der Waals surface area (Å²) in [5.41, 5.74) is 19.1. The molecule has 0 bridgehead atoms. The first kappa shape index (κ1) is 80.0. The largest absolute Gasteiger partial charge is 0.292 e. The summed E-state index contributed by atoms with van der Waals surface area (Å²) >= 11 is 0. The van der Waals surface area contributed by atoms with E-state index in [1.165, 1.54) is 70.0 Å². The normalized spacial score (nSPS) is 12.4. The number of nitrogens with zero attached hydrogens (tertiary/aromatic N) is 9. The van der Waals surface area contributed by atoms with E-state index < -0.39 is 0 Å². The van der Waals surface area contributed by atoms with Crippen molar-refractivity contribution in [2.24, 2.45) is 0 Å². The van der Waals surface area contributed by atoms with Gasteiger partial charge in [-0.05, 0) is 218 Å². The molecule has 0 unspecified atom stereocenters. The molecule has 33 rings (SSSR count). The topological polar surface area (TPSA) is 92.1 Å². The molecule has 0 aliphatic carbocycles. The van der Waals surface area contributed by atoms with Gasteiger partial charge in [0.25, 0.3) is 0 Å². The molecule has 0 atom stereocenters. The lowest BCUT2D eigenvalue weighted by Gasteiger charge is -2.18. The van der Waals surface area contributed by atoms with E-state index >= 15 is 0 Å². The van der Waals surface area contributed by atoms with E-state index in [-0.39, 0.29) is 0 Å². The molecule has 6 aromatic heterocycles. The molecule has 0 saturated carbocycles. The van der Waals surface area contributed by atoms with E-state index in [4.69, 9.17) is 29.9 Å². The van der Waals surface area contributed by atoms with Crippen molar-refractivity contribution >= 4 is 260 Å². The second kappa shape index (κ2) is 30.4. The van der Waals surface area contributed by atoms with Gasteiger partial charge >= 0.3 is 0 Å². The van der Waals surface area contributed by atoms with Crippen LogP contribution in [0.1, 0.15) is 0 Å². The van der Waals surface area contributed by atoms with Crippen LogP contribution in [-0.4, -0.2) is 43.6 Å². The molecule has 0 fully saturated rings. The van der Waals surface area contributed by atoms with E-state index in [1.807, 2.05) is 0 Å². The number of hydrogen-bond donors (Lipinski definition) is 0. The van der Waals surface area contributed by atoms with Gasteiger partial charge in [0.2, 0.25) is 11.9 Å². The van der Waals surface area contributed by atoms with Crippen molar-refractivity contribution in [2.45, 2.75) is 0 Å². The summed E-state index contributed by atoms with van der Waals surface area (Å²) in [5.74, 6) is 1.94. The van der Waals surface area contributed by atoms with Crippen LogP contribution >= 0.6 is 0 Å². The van der Waals surface area contributed by atoms with Crippen molar-refractivity contribution in [1.29, 1.82) is 0 Å². The Labute approximate surface area is 838 Å². The molecule has 0 radical (unpaired) electrons. The summed E-state index contributed by atoms with van der Waals surface area (Å²) in [6, 6.07) is 172. The number of aromatic nitrogens is 9. The fourth-order valence-electron chi connectivity index (χ4n) is 25.8. The van der Waals surface area contributed by atoms with Crippen LogP contribution in [0.15, 0.2) is 467 Å². The van der Waals surface area contributed by atoms with Crippen LogP contribution in [0, 0.1) is 0 Å². The molecule has 0 aliphatic rings. The lowest BCUT2D eigenvalue weighted by molar-refractivity contribution is 1.01. The van der Waals surface area contributed by atoms with Crippen molar-refractivity contribution in [3.63, 3.8) is 0 Å². The maximum atomic E-state index is 6.18. The predicted octanol–water partition coefficient (Wildman–Crippen LogP) is 36.4. The van der Waals surface area contributed by atoms with Crippen LogP contribution in [0.2, 0.25) is 0 Å². The summed E-state index contributed by atoms with van der Waals surface area (Å²) < 4.78 is 7.12. The van der Waals surface area contributed by atoms with Crippen LogP contribution < -0.4 is 0 Å². The first-order valence-electron chi connectivity index (χ1n) is 50.5. The average Bonchev–Trinajstić information content (AvgIpc) is 1.57. The molecule has 0 saturated heterocycles. The van der Waals surface area contributed by atoms with Gasteiger partial charge in [0, 0.05) is 92.3 Å². The quantitative estimate of drug-likeness (QED) is 0.141. The number of fused-ring (bicyclic) bond motifs is 45. The van der Waals surface area contributed by atoms with Gasteiger partial charge in [0.1, 0.15) is 5.69 Å². The van der Waals surface area contributed by atoms with Crippen molar-refractivity contribution in [2.75, 3.05) is 0 Å². The van der Waals surface area contributed by atoms with Gasteiger partial charge in [0.15, 0.2) is 5.82 Å². The molecular weight excluding hydrogens is 1780 g/mol. The SMILES string of the molecule is c1ccc(-c2nc3c(-c4ccc5c(c4)c4ccccc4c4ccc6c(c45)c4c5ccccc5ccc4n6-c4nc(-c5ccccc5)c5c(-c6ccc7c(c6)c6ccccc6c6ccc8c(c67)c6c7ccccc7ccc6n8-c6nc(-c7ccccc7)c7c(ccc8ccccc87)n6)cc6ccccc6c5n4)cc4ccccc4c3nc2-n2c3ccc4ccccc4c3c3c4c5ccccc5c5ccccc5c4ccc32)cc1. The number of rotatable bonds is 8. The Hall–Kier alpha value is -19.7. The minimum Gasteiger partial charge on any atom is -0.292 e. The Balaban J connectivity index is 0.605. The van der Waals surface area contributed by atoms with Crippen LogP contribution in [0.25, 0.3) is 334 Å². The minimum atomic E-state index is 0.570. The molecule has 0 amide bonds. The first-order valence-corrected chi connectivity index (χ1v) is 50.5. The fourth-order valence-corrected chi connectivity index (χ4v) is 25.8. The molecule has 0 spiro atoms.